The van der Waals surface area contributed by atoms with E-state index in [1.54, 1.807) is 6.92 Å². The Morgan fingerprint density at radius 3 is 2.20 bits per heavy atom. The zero-order valence-electron chi connectivity index (χ0n) is 12.4. The van der Waals surface area contributed by atoms with Gasteiger partial charge in [-0.15, -0.1) is 0 Å². The second-order valence-corrected chi connectivity index (χ2v) is 4.70. The molecule has 1 rings (SSSR count). The number of nitrogens with one attached hydrogen (secondary N) is 2. The highest BCUT2D eigenvalue weighted by molar-refractivity contribution is 5.61. The average Bonchev–Trinajstić information content (AvgIpc) is 2.43. The van der Waals surface area contributed by atoms with Gasteiger partial charge >= 0.3 is 5.69 Å². The van der Waals surface area contributed by atoms with Gasteiger partial charge in [0.15, 0.2) is 0 Å². The molecule has 0 aliphatic carbocycles. The number of hydrazine groups is 1. The van der Waals surface area contributed by atoms with Gasteiger partial charge in [-0.1, -0.05) is 20.8 Å². The number of anilines is 2. The summed E-state index contributed by atoms with van der Waals surface area (Å²) in [5, 5.41) is 14.4. The molecule has 0 saturated carbocycles. The van der Waals surface area contributed by atoms with Crippen LogP contribution in [-0.2, 0) is 0 Å². The molecular weight excluding hydrogens is 260 g/mol. The summed E-state index contributed by atoms with van der Waals surface area (Å²) in [5.41, 5.74) is 2.27. The fourth-order valence-corrected chi connectivity index (χ4v) is 2.20. The van der Waals surface area contributed by atoms with E-state index < -0.39 is 4.92 Å². The van der Waals surface area contributed by atoms with Crippen LogP contribution in [0.15, 0.2) is 0 Å². The minimum atomic E-state index is -0.469. The number of aryl methyl sites for hydroxylation is 1. The van der Waals surface area contributed by atoms with Crippen LogP contribution >= 0.6 is 0 Å². The molecule has 112 valence electrons. The molecular formula is C12H22N6O2. The number of nitrogens with two attached hydrogens (primary N) is 1. The van der Waals surface area contributed by atoms with Crippen LogP contribution in [0.1, 0.15) is 45.7 Å². The number of rotatable bonds is 7. The highest BCUT2D eigenvalue weighted by atomic mass is 16.6. The molecule has 0 aromatic carbocycles. The van der Waals surface area contributed by atoms with E-state index in [4.69, 9.17) is 5.84 Å². The van der Waals surface area contributed by atoms with Crippen LogP contribution in [0.2, 0.25) is 0 Å². The van der Waals surface area contributed by atoms with Crippen LogP contribution in [0.5, 0.6) is 0 Å². The molecule has 0 bridgehead atoms. The van der Waals surface area contributed by atoms with Gasteiger partial charge in [0.2, 0.25) is 11.8 Å². The first-order valence-electron chi connectivity index (χ1n) is 6.70. The first kappa shape index (κ1) is 16.1. The largest absolute Gasteiger partial charge is 0.359 e. The van der Waals surface area contributed by atoms with E-state index in [0.29, 0.717) is 0 Å². The Hall–Kier alpha value is -1.96. The van der Waals surface area contributed by atoms with Crippen molar-refractivity contribution in [1.29, 1.82) is 0 Å². The van der Waals surface area contributed by atoms with E-state index in [-0.39, 0.29) is 28.7 Å². The number of nitro groups is 1. The number of nitrogens with zero attached hydrogens (tertiary/aromatic N) is 3. The van der Waals surface area contributed by atoms with Gasteiger partial charge in [0.05, 0.1) is 4.92 Å². The molecule has 1 aromatic heterocycles. The lowest BCUT2D eigenvalue weighted by molar-refractivity contribution is -0.385. The van der Waals surface area contributed by atoms with E-state index in [1.807, 2.05) is 20.8 Å². The third-order valence-electron chi connectivity index (χ3n) is 3.78. The molecule has 8 heteroatoms. The van der Waals surface area contributed by atoms with Crippen LogP contribution in [0.4, 0.5) is 17.5 Å². The van der Waals surface area contributed by atoms with Crippen molar-refractivity contribution in [2.45, 2.75) is 52.5 Å². The van der Waals surface area contributed by atoms with E-state index in [1.165, 1.54) is 0 Å². The van der Waals surface area contributed by atoms with E-state index in [2.05, 4.69) is 20.7 Å². The van der Waals surface area contributed by atoms with Crippen LogP contribution in [0.3, 0.4) is 0 Å². The highest BCUT2D eigenvalue weighted by Gasteiger charge is 2.30. The Labute approximate surface area is 118 Å². The SMILES string of the molecule is CCC(CC)(CC)Nc1nc(NN)nc(C)c1[N+](=O)[O-]. The molecule has 0 aliphatic rings. The maximum atomic E-state index is 11.2. The summed E-state index contributed by atoms with van der Waals surface area (Å²) in [6.07, 6.45) is 2.52. The van der Waals surface area contributed by atoms with Crippen LogP contribution in [-0.4, -0.2) is 20.4 Å². The van der Waals surface area contributed by atoms with Crippen molar-refractivity contribution in [2.75, 3.05) is 10.7 Å². The van der Waals surface area contributed by atoms with Crippen molar-refractivity contribution in [3.63, 3.8) is 0 Å². The van der Waals surface area contributed by atoms with Crippen molar-refractivity contribution < 1.29 is 4.92 Å². The highest BCUT2D eigenvalue weighted by Crippen LogP contribution is 2.32. The summed E-state index contributed by atoms with van der Waals surface area (Å²) in [6.45, 7) is 7.70. The van der Waals surface area contributed by atoms with Crippen LogP contribution in [0, 0.1) is 17.0 Å². The maximum Gasteiger partial charge on any atom is 0.332 e. The van der Waals surface area contributed by atoms with E-state index >= 15 is 0 Å². The maximum absolute atomic E-state index is 11.2. The molecule has 1 aromatic rings. The van der Waals surface area contributed by atoms with Gasteiger partial charge in [0, 0.05) is 5.54 Å². The molecule has 0 amide bonds. The van der Waals surface area contributed by atoms with Crippen LogP contribution < -0.4 is 16.6 Å². The standard InChI is InChI=1S/C12H22N6O2/c1-5-12(6-2,7-3)16-10-9(18(19)20)8(4)14-11(15-10)17-13/h5-7,13H2,1-4H3,(H2,14,15,16,17). The predicted octanol–water partition coefficient (Wildman–Crippen LogP) is 2.36. The minimum absolute atomic E-state index is 0.108. The summed E-state index contributed by atoms with van der Waals surface area (Å²) >= 11 is 0. The van der Waals surface area contributed by atoms with Gasteiger partial charge in [-0.05, 0) is 26.2 Å². The molecule has 8 nitrogen and oxygen atoms in total. The molecule has 0 spiro atoms. The summed E-state index contributed by atoms with van der Waals surface area (Å²) in [7, 11) is 0. The normalized spacial score (nSPS) is 11.2. The molecule has 0 fully saturated rings. The zero-order chi connectivity index (χ0) is 15.3. The number of aromatic nitrogens is 2. The van der Waals surface area contributed by atoms with Crippen molar-refractivity contribution in [2.24, 2.45) is 5.84 Å². The van der Waals surface area contributed by atoms with Gasteiger partial charge in [0.25, 0.3) is 0 Å². The van der Waals surface area contributed by atoms with Crippen molar-refractivity contribution >= 4 is 17.5 Å². The number of hydrogen-bond acceptors (Lipinski definition) is 7. The predicted molar refractivity (Wildman–Crippen MR) is 78.5 cm³/mol. The first-order chi connectivity index (χ1) is 9.42. The van der Waals surface area contributed by atoms with Crippen molar-refractivity contribution in [3.05, 3.63) is 15.8 Å². The molecule has 0 unspecified atom stereocenters. The summed E-state index contributed by atoms with van der Waals surface area (Å²) in [6, 6.07) is 0. The molecule has 0 radical (unpaired) electrons. The Morgan fingerprint density at radius 2 is 1.80 bits per heavy atom. The lowest BCUT2D eigenvalue weighted by Crippen LogP contribution is -2.37. The minimum Gasteiger partial charge on any atom is -0.359 e. The van der Waals surface area contributed by atoms with E-state index in [9.17, 15) is 10.1 Å². The fraction of sp³-hybridized carbons (Fsp3) is 0.667. The Kier molecular flexibility index (Phi) is 5.20. The fourth-order valence-electron chi connectivity index (χ4n) is 2.20. The Morgan fingerprint density at radius 1 is 1.25 bits per heavy atom. The van der Waals surface area contributed by atoms with Gasteiger partial charge in [-0.2, -0.15) is 4.98 Å². The zero-order valence-corrected chi connectivity index (χ0v) is 12.4. The molecule has 0 saturated heterocycles. The second-order valence-electron chi connectivity index (χ2n) is 4.70. The number of hydrogen-bond donors (Lipinski definition) is 3. The van der Waals surface area contributed by atoms with Gasteiger partial charge < -0.3 is 5.32 Å². The van der Waals surface area contributed by atoms with E-state index in [0.717, 1.165) is 19.3 Å². The molecule has 4 N–H and O–H groups in total. The number of nitrogen functional groups attached to an aromatic ring is 1. The van der Waals surface area contributed by atoms with Crippen molar-refractivity contribution in [3.8, 4) is 0 Å². The summed E-state index contributed by atoms with van der Waals surface area (Å²) < 4.78 is 0. The average molecular weight is 282 g/mol. The van der Waals surface area contributed by atoms with Gasteiger partial charge in [-0.3, -0.25) is 15.5 Å². The monoisotopic (exact) mass is 282 g/mol. The molecule has 0 atom stereocenters. The molecule has 0 aliphatic heterocycles. The molecule has 20 heavy (non-hydrogen) atoms. The van der Waals surface area contributed by atoms with Crippen molar-refractivity contribution in [1.82, 2.24) is 9.97 Å². The third-order valence-corrected chi connectivity index (χ3v) is 3.78. The lowest BCUT2D eigenvalue weighted by atomic mass is 9.90. The quantitative estimate of drug-likeness (QED) is 0.399. The third kappa shape index (κ3) is 3.13. The lowest BCUT2D eigenvalue weighted by Gasteiger charge is -2.32. The first-order valence-corrected chi connectivity index (χ1v) is 6.70. The summed E-state index contributed by atoms with van der Waals surface area (Å²) in [4.78, 5) is 18.8. The smallest absolute Gasteiger partial charge is 0.332 e. The van der Waals surface area contributed by atoms with Crippen LogP contribution in [0.25, 0.3) is 0 Å². The second kappa shape index (κ2) is 6.47. The molecule has 1 heterocycles. The Balaban J connectivity index is 3.34. The van der Waals surface area contributed by atoms with Gasteiger partial charge in [0.1, 0.15) is 5.69 Å². The van der Waals surface area contributed by atoms with Gasteiger partial charge in [-0.25, -0.2) is 10.8 Å². The summed E-state index contributed by atoms with van der Waals surface area (Å²) in [5.74, 6) is 5.67. The topological polar surface area (TPSA) is 119 Å². The Bertz CT molecular complexity index is 479.